The summed E-state index contributed by atoms with van der Waals surface area (Å²) in [6, 6.07) is 0. The van der Waals surface area contributed by atoms with Gasteiger partial charge in [-0.3, -0.25) is 0 Å². The van der Waals surface area contributed by atoms with Gasteiger partial charge in [0.25, 0.3) is 0 Å². The molecule has 0 saturated heterocycles. The first-order valence-electron chi connectivity index (χ1n) is 3.36. The third-order valence-corrected chi connectivity index (χ3v) is 4.41. The molecule has 5 heteroatoms. The smallest absolute Gasteiger partial charge is 0.0522 e. The molecule has 68 valence electrons. The molecular formula is C6H14O2S3. The monoisotopic (exact) mass is 214 g/mol. The van der Waals surface area contributed by atoms with Gasteiger partial charge in [0.05, 0.1) is 13.2 Å². The lowest BCUT2D eigenvalue weighted by molar-refractivity contribution is 0.322. The van der Waals surface area contributed by atoms with Crippen molar-refractivity contribution in [1.29, 1.82) is 0 Å². The van der Waals surface area contributed by atoms with Gasteiger partial charge in [-0.1, -0.05) is 0 Å². The number of aliphatic hydroxyl groups excluding tert-OH is 2. The Balaban J connectivity index is 2.69. The molecule has 11 heavy (non-hydrogen) atoms. The van der Waals surface area contributed by atoms with Gasteiger partial charge in [0.2, 0.25) is 0 Å². The summed E-state index contributed by atoms with van der Waals surface area (Å²) in [5.41, 5.74) is 0. The lowest BCUT2D eigenvalue weighted by Gasteiger charge is -1.98. The Hall–Kier alpha value is 0.970. The van der Waals surface area contributed by atoms with Gasteiger partial charge in [0.1, 0.15) is 0 Å². The Labute approximate surface area is 80.5 Å². The van der Waals surface area contributed by atoms with E-state index in [1.54, 1.807) is 23.5 Å². The molecule has 0 aromatic rings. The van der Waals surface area contributed by atoms with E-state index in [0.29, 0.717) is 0 Å². The first-order chi connectivity index (χ1) is 5.41. The highest BCUT2D eigenvalue weighted by Gasteiger charge is 1.89. The second kappa shape index (κ2) is 11.0. The molecule has 0 aliphatic rings. The second-order valence-corrected chi connectivity index (χ2v) is 5.63. The summed E-state index contributed by atoms with van der Waals surface area (Å²) in [6.07, 6.45) is 0. The van der Waals surface area contributed by atoms with Gasteiger partial charge in [-0.25, -0.2) is 0 Å². The van der Waals surface area contributed by atoms with E-state index < -0.39 is 0 Å². The fraction of sp³-hybridized carbons (Fsp3) is 1.00. The Kier molecular flexibility index (Phi) is 11.9. The van der Waals surface area contributed by atoms with Crippen molar-refractivity contribution in [1.82, 2.24) is 0 Å². The predicted molar refractivity (Wildman–Crippen MR) is 56.4 cm³/mol. The molecular weight excluding hydrogens is 200 g/mol. The van der Waals surface area contributed by atoms with Crippen LogP contribution in [0.15, 0.2) is 0 Å². The van der Waals surface area contributed by atoms with Crippen LogP contribution in [0.1, 0.15) is 0 Å². The van der Waals surface area contributed by atoms with Crippen molar-refractivity contribution in [2.24, 2.45) is 0 Å². The predicted octanol–water partition coefficient (Wildman–Crippen LogP) is 1.09. The molecule has 2 nitrogen and oxygen atoms in total. The minimum Gasteiger partial charge on any atom is -0.396 e. The number of hydrogen-bond acceptors (Lipinski definition) is 5. The van der Waals surface area contributed by atoms with Crippen LogP contribution in [-0.4, -0.2) is 45.1 Å². The topological polar surface area (TPSA) is 40.5 Å². The van der Waals surface area contributed by atoms with E-state index >= 15 is 0 Å². The summed E-state index contributed by atoms with van der Waals surface area (Å²) >= 11 is 5.33. The van der Waals surface area contributed by atoms with Crippen LogP contribution in [0.4, 0.5) is 0 Å². The van der Waals surface area contributed by atoms with E-state index in [4.69, 9.17) is 10.2 Å². The van der Waals surface area contributed by atoms with Crippen molar-refractivity contribution >= 4 is 35.3 Å². The largest absolute Gasteiger partial charge is 0.396 e. The summed E-state index contributed by atoms with van der Waals surface area (Å²) < 4.78 is 0. The molecule has 0 radical (unpaired) electrons. The Morgan fingerprint density at radius 2 is 1.18 bits per heavy atom. The zero-order valence-electron chi connectivity index (χ0n) is 6.36. The summed E-state index contributed by atoms with van der Waals surface area (Å²) in [4.78, 5) is 0. The Morgan fingerprint density at radius 1 is 0.727 bits per heavy atom. The SMILES string of the molecule is OCCSCSCSCCO. The van der Waals surface area contributed by atoms with Crippen LogP contribution in [-0.2, 0) is 0 Å². The fourth-order valence-electron chi connectivity index (χ4n) is 0.399. The van der Waals surface area contributed by atoms with E-state index in [9.17, 15) is 0 Å². The maximum atomic E-state index is 8.44. The van der Waals surface area contributed by atoms with Crippen LogP contribution >= 0.6 is 35.3 Å². The number of rotatable bonds is 8. The molecule has 0 rings (SSSR count). The van der Waals surface area contributed by atoms with Crippen LogP contribution in [0.25, 0.3) is 0 Å². The Bertz CT molecular complexity index is 64.8. The van der Waals surface area contributed by atoms with E-state index in [0.717, 1.165) is 21.7 Å². The summed E-state index contributed by atoms with van der Waals surface area (Å²) in [5.74, 6) is 1.66. The highest BCUT2D eigenvalue weighted by atomic mass is 32.2. The van der Waals surface area contributed by atoms with Crippen molar-refractivity contribution in [2.75, 3.05) is 34.9 Å². The van der Waals surface area contributed by atoms with E-state index in [1.807, 2.05) is 11.8 Å². The molecule has 0 amide bonds. The molecule has 0 atom stereocenters. The van der Waals surface area contributed by atoms with Gasteiger partial charge < -0.3 is 10.2 Å². The van der Waals surface area contributed by atoms with Gasteiger partial charge in [-0.15, -0.1) is 35.3 Å². The average molecular weight is 214 g/mol. The van der Waals surface area contributed by atoms with Crippen LogP contribution in [0.2, 0.25) is 0 Å². The standard InChI is InChI=1S/C6H14O2S3/c7-1-3-9-5-11-6-10-4-2-8/h7-8H,1-6H2. The van der Waals surface area contributed by atoms with E-state index in [1.165, 1.54) is 0 Å². The molecule has 0 heterocycles. The molecule has 0 aliphatic heterocycles. The lowest BCUT2D eigenvalue weighted by Crippen LogP contribution is -1.88. The molecule has 0 aromatic heterocycles. The van der Waals surface area contributed by atoms with Crippen LogP contribution < -0.4 is 0 Å². The van der Waals surface area contributed by atoms with Gasteiger partial charge in [0.15, 0.2) is 0 Å². The first kappa shape index (κ1) is 12.0. The van der Waals surface area contributed by atoms with E-state index in [2.05, 4.69) is 0 Å². The Morgan fingerprint density at radius 3 is 1.55 bits per heavy atom. The van der Waals surface area contributed by atoms with E-state index in [-0.39, 0.29) is 13.2 Å². The molecule has 0 spiro atoms. The zero-order chi connectivity index (χ0) is 8.36. The van der Waals surface area contributed by atoms with Crippen molar-refractivity contribution in [3.63, 3.8) is 0 Å². The lowest BCUT2D eigenvalue weighted by atomic mass is 10.9. The second-order valence-electron chi connectivity index (χ2n) is 1.70. The van der Waals surface area contributed by atoms with Crippen LogP contribution in [0.5, 0.6) is 0 Å². The minimum atomic E-state index is 0.273. The summed E-state index contributed by atoms with van der Waals surface area (Å²) in [7, 11) is 0. The van der Waals surface area contributed by atoms with Crippen molar-refractivity contribution in [2.45, 2.75) is 0 Å². The molecule has 0 unspecified atom stereocenters. The first-order valence-corrected chi connectivity index (χ1v) is 6.83. The molecule has 0 aliphatic carbocycles. The highest BCUT2D eigenvalue weighted by molar-refractivity contribution is 8.22. The maximum absolute atomic E-state index is 8.44. The third-order valence-electron chi connectivity index (χ3n) is 0.805. The number of thioether (sulfide) groups is 3. The zero-order valence-corrected chi connectivity index (χ0v) is 8.81. The van der Waals surface area contributed by atoms with Gasteiger partial charge in [-0.2, -0.15) is 0 Å². The van der Waals surface area contributed by atoms with Gasteiger partial charge in [-0.05, 0) is 0 Å². The number of hydrogen-bond donors (Lipinski definition) is 2. The summed E-state index contributed by atoms with van der Waals surface area (Å²) in [5, 5.41) is 19.0. The quantitative estimate of drug-likeness (QED) is 0.467. The maximum Gasteiger partial charge on any atom is 0.0522 e. The van der Waals surface area contributed by atoms with Crippen molar-refractivity contribution < 1.29 is 10.2 Å². The van der Waals surface area contributed by atoms with Crippen LogP contribution in [0, 0.1) is 0 Å². The molecule has 0 fully saturated rings. The van der Waals surface area contributed by atoms with Gasteiger partial charge >= 0.3 is 0 Å². The normalized spacial score (nSPS) is 10.4. The molecule has 0 aromatic carbocycles. The van der Waals surface area contributed by atoms with Gasteiger partial charge in [0, 0.05) is 21.7 Å². The van der Waals surface area contributed by atoms with Crippen LogP contribution in [0.3, 0.4) is 0 Å². The third kappa shape index (κ3) is 11.0. The molecule has 0 bridgehead atoms. The average Bonchev–Trinajstić information content (AvgIpc) is 2.03. The summed E-state index contributed by atoms with van der Waals surface area (Å²) in [6.45, 7) is 0.546. The number of aliphatic hydroxyl groups is 2. The van der Waals surface area contributed by atoms with Crippen molar-refractivity contribution in [3.8, 4) is 0 Å². The molecule has 0 saturated carbocycles. The fourth-order valence-corrected chi connectivity index (χ4v) is 3.43. The minimum absolute atomic E-state index is 0.273. The molecule has 2 N–H and O–H groups in total. The highest BCUT2D eigenvalue weighted by Crippen LogP contribution is 2.16. The van der Waals surface area contributed by atoms with Crippen molar-refractivity contribution in [3.05, 3.63) is 0 Å².